The normalized spacial score (nSPS) is 18.4. The van der Waals surface area contributed by atoms with Crippen LogP contribution >= 0.6 is 0 Å². The minimum atomic E-state index is -0.167. The molecular weight excluding hydrogens is 256 g/mol. The van der Waals surface area contributed by atoms with Crippen LogP contribution in [0, 0.1) is 0 Å². The van der Waals surface area contributed by atoms with Crippen molar-refractivity contribution in [1.29, 1.82) is 0 Å². The molecule has 1 unspecified atom stereocenters. The van der Waals surface area contributed by atoms with Gasteiger partial charge in [-0.3, -0.25) is 4.79 Å². The first-order chi connectivity index (χ1) is 9.47. The van der Waals surface area contributed by atoms with E-state index in [2.05, 4.69) is 5.32 Å². The van der Waals surface area contributed by atoms with Gasteiger partial charge in [0, 0.05) is 30.3 Å². The molecule has 0 aromatic heterocycles. The number of carbonyl (C=O) groups is 1. The van der Waals surface area contributed by atoms with Crippen LogP contribution in [0.15, 0.2) is 18.2 Å². The number of benzene rings is 1. The molecule has 1 saturated heterocycles. The summed E-state index contributed by atoms with van der Waals surface area (Å²) in [5.74, 6) is -0.369. The highest BCUT2D eigenvalue weighted by Gasteiger charge is 2.24. The Morgan fingerprint density at radius 3 is 2.50 bits per heavy atom. The predicted octanol–water partition coefficient (Wildman–Crippen LogP) is 1.70. The second kappa shape index (κ2) is 6.13. The molecule has 20 heavy (non-hydrogen) atoms. The molecule has 1 atom stereocenters. The summed E-state index contributed by atoms with van der Waals surface area (Å²) in [7, 11) is 0. The zero-order valence-corrected chi connectivity index (χ0v) is 12.0. The second-order valence-electron chi connectivity index (χ2n) is 5.58. The highest BCUT2D eigenvalue weighted by Crippen LogP contribution is 2.22. The lowest BCUT2D eigenvalue weighted by molar-refractivity contribution is 0.0688. The van der Waals surface area contributed by atoms with Crippen molar-refractivity contribution in [3.8, 4) is 11.5 Å². The Hall–Kier alpha value is -1.75. The molecule has 3 N–H and O–H groups in total. The molecular formula is C15H22N2O3. The first-order valence-corrected chi connectivity index (χ1v) is 7.04. The van der Waals surface area contributed by atoms with E-state index in [0.29, 0.717) is 18.2 Å². The highest BCUT2D eigenvalue weighted by molar-refractivity contribution is 5.95. The number of nitrogens with one attached hydrogen (secondary N) is 1. The fraction of sp³-hybridized carbons (Fsp3) is 0.533. The van der Waals surface area contributed by atoms with Gasteiger partial charge in [0.25, 0.3) is 5.91 Å². The number of hydrogen-bond acceptors (Lipinski definition) is 4. The van der Waals surface area contributed by atoms with Crippen molar-refractivity contribution >= 4 is 5.91 Å². The van der Waals surface area contributed by atoms with E-state index >= 15 is 0 Å². The van der Waals surface area contributed by atoms with Crippen molar-refractivity contribution in [2.75, 3.05) is 13.1 Å². The maximum Gasteiger partial charge on any atom is 0.254 e. The molecule has 0 saturated carbocycles. The number of phenolic OH excluding ortho intramolecular Hbond substituents is 2. The lowest BCUT2D eigenvalue weighted by atomic mass is 10.1. The summed E-state index contributed by atoms with van der Waals surface area (Å²) in [5.41, 5.74) is 0.314. The molecule has 1 aliphatic rings. The summed E-state index contributed by atoms with van der Waals surface area (Å²) < 4.78 is 0. The summed E-state index contributed by atoms with van der Waals surface area (Å²) in [6, 6.07) is 4.38. The average molecular weight is 278 g/mol. The molecule has 2 rings (SSSR count). The third-order valence-electron chi connectivity index (χ3n) is 3.61. The lowest BCUT2D eigenvalue weighted by Gasteiger charge is -2.29. The first kappa shape index (κ1) is 14.7. The molecule has 1 heterocycles. The van der Waals surface area contributed by atoms with Crippen molar-refractivity contribution in [2.24, 2.45) is 0 Å². The monoisotopic (exact) mass is 278 g/mol. The van der Waals surface area contributed by atoms with Gasteiger partial charge in [-0.15, -0.1) is 0 Å². The van der Waals surface area contributed by atoms with Gasteiger partial charge in [-0.25, -0.2) is 0 Å². The minimum absolute atomic E-state index is 0.0643. The Balaban J connectivity index is 2.17. The number of hydrogen-bond donors (Lipinski definition) is 3. The molecule has 1 aliphatic heterocycles. The SMILES string of the molecule is CC(C)N(CC1CCCN1)C(=O)c1cc(O)cc(O)c1. The molecule has 0 bridgehead atoms. The largest absolute Gasteiger partial charge is 0.508 e. The maximum absolute atomic E-state index is 12.6. The smallest absolute Gasteiger partial charge is 0.254 e. The van der Waals surface area contributed by atoms with Gasteiger partial charge in [0.05, 0.1) is 0 Å². The van der Waals surface area contributed by atoms with E-state index in [1.54, 1.807) is 4.90 Å². The Morgan fingerprint density at radius 1 is 1.35 bits per heavy atom. The van der Waals surface area contributed by atoms with Gasteiger partial charge in [-0.1, -0.05) is 0 Å². The molecule has 5 heteroatoms. The fourth-order valence-corrected chi connectivity index (χ4v) is 2.56. The molecule has 5 nitrogen and oxygen atoms in total. The van der Waals surface area contributed by atoms with E-state index in [0.717, 1.165) is 19.4 Å². The average Bonchev–Trinajstić information content (AvgIpc) is 2.86. The zero-order chi connectivity index (χ0) is 14.7. The first-order valence-electron chi connectivity index (χ1n) is 7.04. The van der Waals surface area contributed by atoms with E-state index in [-0.39, 0.29) is 23.4 Å². The van der Waals surface area contributed by atoms with Gasteiger partial charge in [0.15, 0.2) is 0 Å². The van der Waals surface area contributed by atoms with Crippen LogP contribution in [0.25, 0.3) is 0 Å². The number of nitrogens with zero attached hydrogens (tertiary/aromatic N) is 1. The molecule has 1 aromatic carbocycles. The number of carbonyl (C=O) groups excluding carboxylic acids is 1. The Labute approximate surface area is 119 Å². The molecule has 0 spiro atoms. The van der Waals surface area contributed by atoms with E-state index < -0.39 is 0 Å². The van der Waals surface area contributed by atoms with Gasteiger partial charge in [0.1, 0.15) is 11.5 Å². The van der Waals surface area contributed by atoms with Crippen molar-refractivity contribution in [3.05, 3.63) is 23.8 Å². The standard InChI is InChI=1S/C15H22N2O3/c1-10(2)17(9-12-4-3-5-16-12)15(20)11-6-13(18)8-14(19)7-11/h6-8,10,12,16,18-19H,3-5,9H2,1-2H3. The molecule has 1 aromatic rings. The third-order valence-corrected chi connectivity index (χ3v) is 3.61. The van der Waals surface area contributed by atoms with Gasteiger partial charge in [0.2, 0.25) is 0 Å². The summed E-state index contributed by atoms with van der Waals surface area (Å²) in [6.07, 6.45) is 2.21. The van der Waals surface area contributed by atoms with Crippen molar-refractivity contribution in [1.82, 2.24) is 10.2 Å². The van der Waals surface area contributed by atoms with E-state index in [9.17, 15) is 15.0 Å². The third kappa shape index (κ3) is 3.42. The summed E-state index contributed by atoms with van der Waals surface area (Å²) in [4.78, 5) is 14.3. The topological polar surface area (TPSA) is 72.8 Å². The number of aromatic hydroxyl groups is 2. The van der Waals surface area contributed by atoms with Crippen molar-refractivity contribution < 1.29 is 15.0 Å². The Morgan fingerprint density at radius 2 is 2.00 bits per heavy atom. The van der Waals surface area contributed by atoms with Crippen LogP contribution < -0.4 is 5.32 Å². The van der Waals surface area contributed by atoms with Gasteiger partial charge < -0.3 is 20.4 Å². The van der Waals surface area contributed by atoms with E-state index in [1.807, 2.05) is 13.8 Å². The van der Waals surface area contributed by atoms with Crippen LogP contribution in [0.5, 0.6) is 11.5 Å². The summed E-state index contributed by atoms with van der Waals surface area (Å²) >= 11 is 0. The minimum Gasteiger partial charge on any atom is -0.508 e. The molecule has 1 fully saturated rings. The molecule has 110 valence electrons. The maximum atomic E-state index is 12.6. The second-order valence-corrected chi connectivity index (χ2v) is 5.58. The van der Waals surface area contributed by atoms with Gasteiger partial charge in [-0.05, 0) is 45.4 Å². The van der Waals surface area contributed by atoms with Crippen molar-refractivity contribution in [2.45, 2.75) is 38.8 Å². The van der Waals surface area contributed by atoms with Crippen LogP contribution in [-0.4, -0.2) is 46.2 Å². The number of rotatable bonds is 4. The van der Waals surface area contributed by atoms with Crippen LogP contribution in [0.2, 0.25) is 0 Å². The van der Waals surface area contributed by atoms with Crippen LogP contribution in [0.4, 0.5) is 0 Å². The van der Waals surface area contributed by atoms with E-state index in [1.165, 1.54) is 18.2 Å². The zero-order valence-electron chi connectivity index (χ0n) is 12.0. The summed E-state index contributed by atoms with van der Waals surface area (Å²) in [5, 5.41) is 22.4. The molecule has 1 amide bonds. The highest BCUT2D eigenvalue weighted by atomic mass is 16.3. The van der Waals surface area contributed by atoms with Gasteiger partial charge >= 0.3 is 0 Å². The van der Waals surface area contributed by atoms with Crippen molar-refractivity contribution in [3.63, 3.8) is 0 Å². The fourth-order valence-electron chi connectivity index (χ4n) is 2.56. The van der Waals surface area contributed by atoms with E-state index in [4.69, 9.17) is 0 Å². The Kier molecular flexibility index (Phi) is 4.49. The molecule has 0 radical (unpaired) electrons. The number of phenols is 2. The van der Waals surface area contributed by atoms with Crippen LogP contribution in [0.1, 0.15) is 37.0 Å². The van der Waals surface area contributed by atoms with Crippen LogP contribution in [0.3, 0.4) is 0 Å². The van der Waals surface area contributed by atoms with Crippen LogP contribution in [-0.2, 0) is 0 Å². The van der Waals surface area contributed by atoms with Gasteiger partial charge in [-0.2, -0.15) is 0 Å². The summed E-state index contributed by atoms with van der Waals surface area (Å²) in [6.45, 7) is 5.58. The Bertz CT molecular complexity index is 462. The lowest BCUT2D eigenvalue weighted by Crippen LogP contribution is -2.44. The predicted molar refractivity (Wildman–Crippen MR) is 77.0 cm³/mol. The quantitative estimate of drug-likeness (QED) is 0.784. The number of amides is 1. The molecule has 0 aliphatic carbocycles.